The SMILES string of the molecule is CCSc1sc(SCC)c(C=O)c1Br. The van der Waals surface area contributed by atoms with Gasteiger partial charge in [0.15, 0.2) is 6.29 Å². The molecule has 1 aromatic heterocycles. The predicted molar refractivity (Wildman–Crippen MR) is 70.2 cm³/mol. The number of hydrogen-bond acceptors (Lipinski definition) is 4. The number of carbonyl (C=O) groups excluding carboxylic acids is 1. The van der Waals surface area contributed by atoms with Crippen LogP contribution < -0.4 is 0 Å². The van der Waals surface area contributed by atoms with Gasteiger partial charge in [0, 0.05) is 0 Å². The third-order valence-corrected chi connectivity index (χ3v) is 6.37. The molecule has 1 heterocycles. The van der Waals surface area contributed by atoms with E-state index in [2.05, 4.69) is 29.8 Å². The molecule has 5 heteroatoms. The molecule has 0 aromatic carbocycles. The van der Waals surface area contributed by atoms with Gasteiger partial charge in [0.2, 0.25) is 0 Å². The van der Waals surface area contributed by atoms with Crippen LogP contribution in [-0.4, -0.2) is 17.8 Å². The van der Waals surface area contributed by atoms with E-state index in [-0.39, 0.29) is 0 Å². The fourth-order valence-corrected chi connectivity index (χ4v) is 5.62. The van der Waals surface area contributed by atoms with Crippen LogP contribution in [0, 0.1) is 0 Å². The van der Waals surface area contributed by atoms with E-state index in [0.717, 1.165) is 32.0 Å². The number of hydrogen-bond donors (Lipinski definition) is 0. The van der Waals surface area contributed by atoms with Crippen LogP contribution in [0.15, 0.2) is 12.9 Å². The molecule has 78 valence electrons. The van der Waals surface area contributed by atoms with Crippen LogP contribution in [0.1, 0.15) is 24.2 Å². The van der Waals surface area contributed by atoms with Gasteiger partial charge in [-0.1, -0.05) is 13.8 Å². The molecule has 0 unspecified atom stereocenters. The minimum atomic E-state index is 0.817. The van der Waals surface area contributed by atoms with E-state index in [9.17, 15) is 4.79 Å². The third-order valence-electron chi connectivity index (χ3n) is 1.49. The third kappa shape index (κ3) is 2.78. The van der Waals surface area contributed by atoms with Crippen LogP contribution in [0.4, 0.5) is 0 Å². The first-order valence-corrected chi connectivity index (χ1v) is 7.85. The summed E-state index contributed by atoms with van der Waals surface area (Å²) in [5.41, 5.74) is 0.817. The lowest BCUT2D eigenvalue weighted by molar-refractivity contribution is 0.112. The first kappa shape index (κ1) is 12.6. The van der Waals surface area contributed by atoms with Crippen LogP contribution in [0.5, 0.6) is 0 Å². The van der Waals surface area contributed by atoms with Crippen LogP contribution in [-0.2, 0) is 0 Å². The highest BCUT2D eigenvalue weighted by molar-refractivity contribution is 9.10. The summed E-state index contributed by atoms with van der Waals surface area (Å²) in [5, 5.41) is 0. The van der Waals surface area contributed by atoms with E-state index in [1.165, 1.54) is 4.21 Å². The van der Waals surface area contributed by atoms with Crippen molar-refractivity contribution in [2.45, 2.75) is 22.3 Å². The normalized spacial score (nSPS) is 10.5. The van der Waals surface area contributed by atoms with E-state index in [1.807, 2.05) is 0 Å². The molecule has 0 fully saturated rings. The van der Waals surface area contributed by atoms with Crippen molar-refractivity contribution >= 4 is 57.1 Å². The topological polar surface area (TPSA) is 17.1 Å². The number of carbonyl (C=O) groups is 1. The highest BCUT2D eigenvalue weighted by Gasteiger charge is 2.15. The van der Waals surface area contributed by atoms with Crippen molar-refractivity contribution in [3.8, 4) is 0 Å². The Hall–Kier alpha value is 0.550. The zero-order chi connectivity index (χ0) is 10.6. The first-order chi connectivity index (χ1) is 6.74. The van der Waals surface area contributed by atoms with Crippen molar-refractivity contribution in [1.29, 1.82) is 0 Å². The van der Waals surface area contributed by atoms with Crippen LogP contribution >= 0.6 is 50.8 Å². The van der Waals surface area contributed by atoms with Gasteiger partial charge in [0.25, 0.3) is 0 Å². The van der Waals surface area contributed by atoms with Crippen LogP contribution in [0.3, 0.4) is 0 Å². The van der Waals surface area contributed by atoms with E-state index < -0.39 is 0 Å². The summed E-state index contributed by atoms with van der Waals surface area (Å²) in [6, 6.07) is 0. The van der Waals surface area contributed by atoms with Gasteiger partial charge in [-0.25, -0.2) is 0 Å². The Morgan fingerprint density at radius 2 is 1.86 bits per heavy atom. The van der Waals surface area contributed by atoms with Gasteiger partial charge in [-0.2, -0.15) is 0 Å². The number of halogens is 1. The molecular formula is C9H11BrOS3. The Morgan fingerprint density at radius 1 is 1.29 bits per heavy atom. The zero-order valence-electron chi connectivity index (χ0n) is 8.00. The summed E-state index contributed by atoms with van der Waals surface area (Å²) < 4.78 is 3.32. The Bertz CT molecular complexity index is 322. The number of rotatable bonds is 5. The van der Waals surface area contributed by atoms with Crippen LogP contribution in [0.25, 0.3) is 0 Å². The van der Waals surface area contributed by atoms with Gasteiger partial charge < -0.3 is 0 Å². The van der Waals surface area contributed by atoms with Crippen molar-refractivity contribution in [2.75, 3.05) is 11.5 Å². The van der Waals surface area contributed by atoms with Gasteiger partial charge in [-0.05, 0) is 27.4 Å². The molecule has 0 atom stereocenters. The number of aldehydes is 1. The number of thioether (sulfide) groups is 2. The molecule has 0 aliphatic heterocycles. The maximum absolute atomic E-state index is 10.9. The molecule has 0 radical (unpaired) electrons. The Labute approximate surface area is 105 Å². The molecule has 0 aliphatic carbocycles. The van der Waals surface area contributed by atoms with Crippen molar-refractivity contribution < 1.29 is 4.79 Å². The van der Waals surface area contributed by atoms with Gasteiger partial charge in [-0.15, -0.1) is 34.9 Å². The quantitative estimate of drug-likeness (QED) is 0.587. The molecule has 1 nitrogen and oxygen atoms in total. The molecule has 0 N–H and O–H groups in total. The average molecular weight is 311 g/mol. The lowest BCUT2D eigenvalue weighted by atomic mass is 10.4. The maximum atomic E-state index is 10.9. The molecule has 14 heavy (non-hydrogen) atoms. The zero-order valence-corrected chi connectivity index (χ0v) is 12.0. The average Bonchev–Trinajstić information content (AvgIpc) is 2.45. The second-order valence-corrected chi connectivity index (χ2v) is 7.27. The second-order valence-electron chi connectivity index (χ2n) is 2.39. The predicted octanol–water partition coefficient (Wildman–Crippen LogP) is 4.55. The summed E-state index contributed by atoms with van der Waals surface area (Å²) >= 11 is 8.69. The second kappa shape index (κ2) is 6.20. The molecular weight excluding hydrogens is 300 g/mol. The van der Waals surface area contributed by atoms with Crippen molar-refractivity contribution in [2.24, 2.45) is 0 Å². The fourth-order valence-electron chi connectivity index (χ4n) is 0.946. The number of thiophene rings is 1. The molecule has 1 aromatic rings. The Morgan fingerprint density at radius 3 is 2.36 bits per heavy atom. The largest absolute Gasteiger partial charge is 0.298 e. The van der Waals surface area contributed by atoms with Crippen molar-refractivity contribution in [1.82, 2.24) is 0 Å². The molecule has 0 saturated heterocycles. The molecule has 0 bridgehead atoms. The smallest absolute Gasteiger partial charge is 0.153 e. The Kier molecular flexibility index (Phi) is 5.59. The standard InChI is InChI=1S/C9H11BrOS3/c1-3-12-8-6(5-11)7(10)9(14-8)13-4-2/h5H,3-4H2,1-2H3. The fraction of sp³-hybridized carbons (Fsp3) is 0.444. The lowest BCUT2D eigenvalue weighted by Crippen LogP contribution is -1.79. The lowest BCUT2D eigenvalue weighted by Gasteiger charge is -1.93. The van der Waals surface area contributed by atoms with E-state index in [4.69, 9.17) is 0 Å². The Balaban J connectivity index is 3.03. The molecule has 0 aliphatic rings. The summed E-state index contributed by atoms with van der Waals surface area (Å²) in [6.07, 6.45) is 0.943. The summed E-state index contributed by atoms with van der Waals surface area (Å²) in [5.74, 6) is 2.04. The highest BCUT2D eigenvalue weighted by Crippen LogP contribution is 2.43. The maximum Gasteiger partial charge on any atom is 0.153 e. The highest BCUT2D eigenvalue weighted by atomic mass is 79.9. The molecule has 1 rings (SSSR count). The van der Waals surface area contributed by atoms with E-state index in [0.29, 0.717) is 0 Å². The molecule has 0 amide bonds. The monoisotopic (exact) mass is 310 g/mol. The minimum Gasteiger partial charge on any atom is -0.298 e. The van der Waals surface area contributed by atoms with Crippen molar-refractivity contribution in [3.63, 3.8) is 0 Å². The molecule has 0 spiro atoms. The van der Waals surface area contributed by atoms with E-state index >= 15 is 0 Å². The summed E-state index contributed by atoms with van der Waals surface area (Å²) in [6.45, 7) is 4.21. The van der Waals surface area contributed by atoms with Gasteiger partial charge in [0.05, 0.1) is 18.5 Å². The van der Waals surface area contributed by atoms with Crippen LogP contribution in [0.2, 0.25) is 0 Å². The van der Waals surface area contributed by atoms with Gasteiger partial charge in [0.1, 0.15) is 0 Å². The van der Waals surface area contributed by atoms with Gasteiger partial charge in [-0.3, -0.25) is 4.79 Å². The summed E-state index contributed by atoms with van der Waals surface area (Å²) in [4.78, 5) is 10.9. The van der Waals surface area contributed by atoms with Gasteiger partial charge >= 0.3 is 0 Å². The first-order valence-electron chi connectivity index (χ1n) is 4.27. The minimum absolute atomic E-state index is 0.817. The van der Waals surface area contributed by atoms with Crippen molar-refractivity contribution in [3.05, 3.63) is 10.0 Å². The molecule has 0 saturated carbocycles. The van der Waals surface area contributed by atoms with E-state index in [1.54, 1.807) is 34.9 Å². The summed E-state index contributed by atoms with van der Waals surface area (Å²) in [7, 11) is 0.